The third-order valence-corrected chi connectivity index (χ3v) is 2.98. The summed E-state index contributed by atoms with van der Waals surface area (Å²) < 4.78 is 0. The van der Waals surface area contributed by atoms with Crippen molar-refractivity contribution >= 4 is 11.9 Å². The molecule has 0 heterocycles. The lowest BCUT2D eigenvalue weighted by molar-refractivity contribution is -0.138. The van der Waals surface area contributed by atoms with Crippen LogP contribution in [0.15, 0.2) is 30.3 Å². The van der Waals surface area contributed by atoms with Gasteiger partial charge in [-0.15, -0.1) is 0 Å². The molecular weight excluding hydrogens is 256 g/mol. The number of rotatable bonds is 7. The van der Waals surface area contributed by atoms with Gasteiger partial charge < -0.3 is 16.2 Å². The molecule has 0 bridgehead atoms. The first-order chi connectivity index (χ1) is 9.30. The third kappa shape index (κ3) is 5.84. The zero-order valence-electron chi connectivity index (χ0n) is 11.9. The van der Waals surface area contributed by atoms with E-state index in [0.29, 0.717) is 6.42 Å². The first kappa shape index (κ1) is 16.2. The van der Waals surface area contributed by atoms with Crippen molar-refractivity contribution in [2.45, 2.75) is 44.7 Å². The fraction of sp³-hybridized carbons (Fsp3) is 0.467. The molecular formula is C15H22N2O3. The zero-order chi connectivity index (χ0) is 15.2. The van der Waals surface area contributed by atoms with E-state index in [4.69, 9.17) is 10.8 Å². The predicted octanol–water partition coefficient (Wildman–Crippen LogP) is 1.32. The predicted molar refractivity (Wildman–Crippen MR) is 77.2 cm³/mol. The highest BCUT2D eigenvalue weighted by Crippen LogP contribution is 2.10. The number of carbonyl (C=O) groups is 2. The molecule has 0 aliphatic rings. The summed E-state index contributed by atoms with van der Waals surface area (Å²) >= 11 is 0. The summed E-state index contributed by atoms with van der Waals surface area (Å²) in [5.74, 6) is -1.26. The van der Waals surface area contributed by atoms with Crippen LogP contribution >= 0.6 is 0 Å². The van der Waals surface area contributed by atoms with Gasteiger partial charge in [-0.25, -0.2) is 0 Å². The molecule has 0 saturated heterocycles. The Kier molecular flexibility index (Phi) is 5.70. The normalized spacial score (nSPS) is 12.8. The molecule has 0 aromatic heterocycles. The van der Waals surface area contributed by atoms with Gasteiger partial charge in [0.05, 0.1) is 12.5 Å². The van der Waals surface area contributed by atoms with E-state index in [1.165, 1.54) is 0 Å². The summed E-state index contributed by atoms with van der Waals surface area (Å²) in [6, 6.07) is 9.15. The second kappa shape index (κ2) is 7.05. The standard InChI is InChI=1S/C15H22N2O3/c1-15(2,10-13(18)19)17-14(20)12(16)9-8-11-6-4-3-5-7-11/h3-7,12H,8-10,16H2,1-2H3,(H,17,20)(H,18,19)/t12-/m0/s1. The minimum atomic E-state index is -0.951. The van der Waals surface area contributed by atoms with Crippen LogP contribution in [0, 0.1) is 0 Å². The van der Waals surface area contributed by atoms with E-state index in [2.05, 4.69) is 5.32 Å². The Morgan fingerprint density at radius 3 is 2.45 bits per heavy atom. The van der Waals surface area contributed by atoms with Crippen molar-refractivity contribution in [3.63, 3.8) is 0 Å². The van der Waals surface area contributed by atoms with Crippen LogP contribution in [-0.2, 0) is 16.0 Å². The Labute approximate surface area is 119 Å². The Bertz CT molecular complexity index is 457. The SMILES string of the molecule is CC(C)(CC(=O)O)NC(=O)[C@@H](N)CCc1ccccc1. The Balaban J connectivity index is 2.45. The number of amides is 1. The summed E-state index contributed by atoms with van der Waals surface area (Å²) in [4.78, 5) is 22.6. The topological polar surface area (TPSA) is 92.4 Å². The van der Waals surface area contributed by atoms with Crippen molar-refractivity contribution in [3.05, 3.63) is 35.9 Å². The van der Waals surface area contributed by atoms with E-state index in [0.717, 1.165) is 12.0 Å². The monoisotopic (exact) mass is 278 g/mol. The zero-order valence-corrected chi connectivity index (χ0v) is 11.9. The smallest absolute Gasteiger partial charge is 0.305 e. The fourth-order valence-electron chi connectivity index (χ4n) is 1.95. The maximum atomic E-state index is 11.9. The Hall–Kier alpha value is -1.88. The Morgan fingerprint density at radius 2 is 1.90 bits per heavy atom. The number of nitrogens with two attached hydrogens (primary N) is 1. The van der Waals surface area contributed by atoms with Crippen LogP contribution in [0.25, 0.3) is 0 Å². The molecule has 0 fully saturated rings. The minimum Gasteiger partial charge on any atom is -0.481 e. The Morgan fingerprint density at radius 1 is 1.30 bits per heavy atom. The molecule has 110 valence electrons. The third-order valence-electron chi connectivity index (χ3n) is 2.98. The molecule has 0 aliphatic carbocycles. The largest absolute Gasteiger partial charge is 0.481 e. The average Bonchev–Trinajstić information content (AvgIpc) is 2.34. The number of carboxylic acids is 1. The number of carbonyl (C=O) groups excluding carboxylic acids is 1. The van der Waals surface area contributed by atoms with E-state index in [1.54, 1.807) is 13.8 Å². The lowest BCUT2D eigenvalue weighted by Gasteiger charge is -2.26. The first-order valence-corrected chi connectivity index (χ1v) is 6.63. The molecule has 4 N–H and O–H groups in total. The van der Waals surface area contributed by atoms with Crippen LogP contribution in [0.4, 0.5) is 0 Å². The first-order valence-electron chi connectivity index (χ1n) is 6.63. The molecule has 0 unspecified atom stereocenters. The number of benzene rings is 1. The minimum absolute atomic E-state index is 0.135. The highest BCUT2D eigenvalue weighted by atomic mass is 16.4. The second-order valence-corrected chi connectivity index (χ2v) is 5.57. The van der Waals surface area contributed by atoms with E-state index < -0.39 is 17.6 Å². The van der Waals surface area contributed by atoms with Crippen molar-refractivity contribution in [2.75, 3.05) is 0 Å². The van der Waals surface area contributed by atoms with Crippen LogP contribution in [0.2, 0.25) is 0 Å². The molecule has 1 aromatic carbocycles. The van der Waals surface area contributed by atoms with Gasteiger partial charge >= 0.3 is 5.97 Å². The van der Waals surface area contributed by atoms with Crippen LogP contribution in [0.5, 0.6) is 0 Å². The number of aliphatic carboxylic acids is 1. The van der Waals surface area contributed by atoms with E-state index >= 15 is 0 Å². The van der Waals surface area contributed by atoms with Crippen molar-refractivity contribution < 1.29 is 14.7 Å². The van der Waals surface area contributed by atoms with E-state index in [1.807, 2.05) is 30.3 Å². The van der Waals surface area contributed by atoms with Gasteiger partial charge in [-0.05, 0) is 32.3 Å². The van der Waals surface area contributed by atoms with Gasteiger partial charge in [-0.3, -0.25) is 9.59 Å². The number of hydrogen-bond acceptors (Lipinski definition) is 3. The lowest BCUT2D eigenvalue weighted by atomic mass is 9.99. The summed E-state index contributed by atoms with van der Waals surface area (Å²) in [6.45, 7) is 3.34. The molecule has 0 saturated carbocycles. The molecule has 0 spiro atoms. The van der Waals surface area contributed by atoms with Crippen molar-refractivity contribution in [2.24, 2.45) is 5.73 Å². The quantitative estimate of drug-likeness (QED) is 0.701. The second-order valence-electron chi connectivity index (χ2n) is 5.57. The average molecular weight is 278 g/mol. The molecule has 1 aromatic rings. The van der Waals surface area contributed by atoms with Gasteiger partial charge in [0.2, 0.25) is 5.91 Å². The molecule has 5 heteroatoms. The number of nitrogens with one attached hydrogen (secondary N) is 1. The van der Waals surface area contributed by atoms with Crippen LogP contribution < -0.4 is 11.1 Å². The maximum absolute atomic E-state index is 11.9. The van der Waals surface area contributed by atoms with Gasteiger partial charge in [0, 0.05) is 5.54 Å². The van der Waals surface area contributed by atoms with Gasteiger partial charge in [0.25, 0.3) is 0 Å². The van der Waals surface area contributed by atoms with Gasteiger partial charge in [-0.1, -0.05) is 30.3 Å². The highest BCUT2D eigenvalue weighted by molar-refractivity contribution is 5.83. The fourth-order valence-corrected chi connectivity index (χ4v) is 1.95. The molecule has 5 nitrogen and oxygen atoms in total. The lowest BCUT2D eigenvalue weighted by Crippen LogP contribution is -2.51. The van der Waals surface area contributed by atoms with E-state index in [-0.39, 0.29) is 12.3 Å². The van der Waals surface area contributed by atoms with Crippen LogP contribution in [-0.4, -0.2) is 28.6 Å². The maximum Gasteiger partial charge on any atom is 0.305 e. The summed E-state index contributed by atoms with van der Waals surface area (Å²) in [5.41, 5.74) is 6.17. The number of aryl methyl sites for hydroxylation is 1. The van der Waals surface area contributed by atoms with E-state index in [9.17, 15) is 9.59 Å². The summed E-state index contributed by atoms with van der Waals surface area (Å²) in [7, 11) is 0. The van der Waals surface area contributed by atoms with Gasteiger partial charge in [-0.2, -0.15) is 0 Å². The van der Waals surface area contributed by atoms with Crippen LogP contribution in [0.3, 0.4) is 0 Å². The molecule has 1 rings (SSSR count). The van der Waals surface area contributed by atoms with Crippen molar-refractivity contribution in [1.82, 2.24) is 5.32 Å². The van der Waals surface area contributed by atoms with Crippen molar-refractivity contribution in [1.29, 1.82) is 0 Å². The molecule has 1 atom stereocenters. The molecule has 0 radical (unpaired) electrons. The molecule has 20 heavy (non-hydrogen) atoms. The highest BCUT2D eigenvalue weighted by Gasteiger charge is 2.26. The molecule has 1 amide bonds. The van der Waals surface area contributed by atoms with Crippen LogP contribution in [0.1, 0.15) is 32.3 Å². The summed E-state index contributed by atoms with van der Waals surface area (Å²) in [6.07, 6.45) is 1.11. The number of carboxylic acid groups (broad SMARTS) is 1. The molecule has 0 aliphatic heterocycles. The van der Waals surface area contributed by atoms with Gasteiger partial charge in [0.15, 0.2) is 0 Å². The number of hydrogen-bond donors (Lipinski definition) is 3. The van der Waals surface area contributed by atoms with Gasteiger partial charge in [0.1, 0.15) is 0 Å². The van der Waals surface area contributed by atoms with Crippen molar-refractivity contribution in [3.8, 4) is 0 Å². The summed E-state index contributed by atoms with van der Waals surface area (Å²) in [5, 5.41) is 11.4.